The minimum atomic E-state index is -0.0120. The first-order valence-electron chi connectivity index (χ1n) is 12.2. The Hall–Kier alpha value is -3.89. The Bertz CT molecular complexity index is 1470. The molecule has 1 atom stereocenters. The van der Waals surface area contributed by atoms with E-state index in [0.29, 0.717) is 11.0 Å². The smallest absolute Gasteiger partial charge is 0.130 e. The predicted octanol–water partition coefficient (Wildman–Crippen LogP) is 4.59. The molecule has 3 aliphatic rings. The second-order valence-electron chi connectivity index (χ2n) is 10.0. The maximum absolute atomic E-state index is 9.24. The highest BCUT2D eigenvalue weighted by molar-refractivity contribution is 5.82. The standard InChI is InChI=1S/C28H25N5O2/c29-13-19-4-7-24-20(10-19)2-1-3-26(24)35-23-6-5-21-14-31-33(25(21)12-23)22-8-9-30-27(11-22)32-15-28(16-32)17-34-18-28/h4-12,14,26H,1-3,15-18H2. The second kappa shape index (κ2) is 7.82. The normalized spacial score (nSPS) is 20.1. The lowest BCUT2D eigenvalue weighted by molar-refractivity contribution is -0.127. The maximum Gasteiger partial charge on any atom is 0.130 e. The van der Waals surface area contributed by atoms with Crippen molar-refractivity contribution in [3.05, 3.63) is 77.6 Å². The SMILES string of the molecule is N#Cc1ccc2c(c1)CCCC2Oc1ccc2cnn(-c3ccnc(N4CC5(COC5)C4)c3)c2c1. The van der Waals surface area contributed by atoms with E-state index in [0.717, 1.165) is 73.7 Å². The Morgan fingerprint density at radius 2 is 2.00 bits per heavy atom. The molecule has 1 aliphatic carbocycles. The van der Waals surface area contributed by atoms with E-state index in [1.54, 1.807) is 0 Å². The molecule has 2 saturated heterocycles. The molecule has 7 nitrogen and oxygen atoms in total. The quantitative estimate of drug-likeness (QED) is 0.441. The van der Waals surface area contributed by atoms with Crippen LogP contribution in [0.5, 0.6) is 5.75 Å². The van der Waals surface area contributed by atoms with Gasteiger partial charge in [-0.3, -0.25) is 0 Å². The molecule has 1 spiro atoms. The lowest BCUT2D eigenvalue weighted by atomic mass is 9.78. The van der Waals surface area contributed by atoms with Gasteiger partial charge in [-0.2, -0.15) is 10.4 Å². The Balaban J connectivity index is 1.17. The lowest BCUT2D eigenvalue weighted by Crippen LogP contribution is -2.66. The molecule has 1 unspecified atom stereocenters. The molecule has 2 aliphatic heterocycles. The zero-order valence-corrected chi connectivity index (χ0v) is 19.4. The van der Waals surface area contributed by atoms with Gasteiger partial charge in [0, 0.05) is 36.8 Å². The summed E-state index contributed by atoms with van der Waals surface area (Å²) < 4.78 is 13.9. The molecular formula is C28H25N5O2. The topological polar surface area (TPSA) is 76.2 Å². The van der Waals surface area contributed by atoms with Crippen LogP contribution in [0.4, 0.5) is 5.82 Å². The van der Waals surface area contributed by atoms with E-state index in [4.69, 9.17) is 9.47 Å². The highest BCUT2D eigenvalue weighted by atomic mass is 16.5. The van der Waals surface area contributed by atoms with Crippen molar-refractivity contribution >= 4 is 16.7 Å². The highest BCUT2D eigenvalue weighted by Crippen LogP contribution is 2.40. The summed E-state index contributed by atoms with van der Waals surface area (Å²) in [5, 5.41) is 15.0. The largest absolute Gasteiger partial charge is 0.486 e. The van der Waals surface area contributed by atoms with Crippen LogP contribution in [-0.2, 0) is 11.2 Å². The van der Waals surface area contributed by atoms with Crippen LogP contribution >= 0.6 is 0 Å². The lowest BCUT2D eigenvalue weighted by Gasteiger charge is -2.55. The molecule has 4 heterocycles. The number of nitrogens with zero attached hydrogens (tertiary/aromatic N) is 5. The van der Waals surface area contributed by atoms with Crippen LogP contribution in [0.15, 0.2) is 60.9 Å². The summed E-state index contributed by atoms with van der Waals surface area (Å²) >= 11 is 0. The molecule has 4 aromatic rings. The number of hydrogen-bond acceptors (Lipinski definition) is 6. The fourth-order valence-corrected chi connectivity index (χ4v) is 5.61. The molecule has 2 aromatic heterocycles. The molecule has 0 amide bonds. The molecule has 0 bridgehead atoms. The molecule has 2 fully saturated rings. The van der Waals surface area contributed by atoms with Crippen LogP contribution in [-0.4, -0.2) is 41.1 Å². The first kappa shape index (κ1) is 20.5. The average molecular weight is 464 g/mol. The van der Waals surface area contributed by atoms with Crippen LogP contribution < -0.4 is 9.64 Å². The molecule has 0 saturated carbocycles. The predicted molar refractivity (Wildman–Crippen MR) is 132 cm³/mol. The zero-order chi connectivity index (χ0) is 23.4. The Kier molecular flexibility index (Phi) is 4.58. The van der Waals surface area contributed by atoms with Gasteiger partial charge < -0.3 is 14.4 Å². The summed E-state index contributed by atoms with van der Waals surface area (Å²) in [6.07, 6.45) is 6.74. The number of fused-ring (bicyclic) bond motifs is 2. The molecule has 0 radical (unpaired) electrons. The van der Waals surface area contributed by atoms with Gasteiger partial charge in [0.2, 0.25) is 0 Å². The van der Waals surface area contributed by atoms with Gasteiger partial charge in [-0.15, -0.1) is 0 Å². The second-order valence-corrected chi connectivity index (χ2v) is 10.0. The Morgan fingerprint density at radius 3 is 2.83 bits per heavy atom. The zero-order valence-electron chi connectivity index (χ0n) is 19.4. The average Bonchev–Trinajstić information content (AvgIpc) is 3.26. The van der Waals surface area contributed by atoms with E-state index in [-0.39, 0.29) is 6.10 Å². The van der Waals surface area contributed by atoms with Crippen LogP contribution in [0.2, 0.25) is 0 Å². The summed E-state index contributed by atoms with van der Waals surface area (Å²) in [6.45, 7) is 3.72. The number of pyridine rings is 1. The van der Waals surface area contributed by atoms with Crippen LogP contribution in [0.3, 0.4) is 0 Å². The molecule has 7 rings (SSSR count). The number of aryl methyl sites for hydroxylation is 1. The third-order valence-corrected chi connectivity index (χ3v) is 7.52. The van der Waals surface area contributed by atoms with Crippen LogP contribution in [0.25, 0.3) is 16.6 Å². The van der Waals surface area contributed by atoms with Gasteiger partial charge in [0.15, 0.2) is 0 Å². The maximum atomic E-state index is 9.24. The van der Waals surface area contributed by atoms with Gasteiger partial charge in [0.25, 0.3) is 0 Å². The van der Waals surface area contributed by atoms with Gasteiger partial charge in [-0.1, -0.05) is 6.07 Å². The highest BCUT2D eigenvalue weighted by Gasteiger charge is 2.49. The summed E-state index contributed by atoms with van der Waals surface area (Å²) in [4.78, 5) is 6.91. The fourth-order valence-electron chi connectivity index (χ4n) is 5.61. The van der Waals surface area contributed by atoms with Crippen molar-refractivity contribution in [2.24, 2.45) is 5.41 Å². The number of hydrogen-bond donors (Lipinski definition) is 0. The molecule has 35 heavy (non-hydrogen) atoms. The van der Waals surface area contributed by atoms with Gasteiger partial charge in [0.1, 0.15) is 17.7 Å². The van der Waals surface area contributed by atoms with E-state index >= 15 is 0 Å². The summed E-state index contributed by atoms with van der Waals surface area (Å²) in [5.41, 5.74) is 5.45. The number of nitriles is 1. The Labute approximate surface area is 203 Å². The monoisotopic (exact) mass is 463 g/mol. The van der Waals surface area contributed by atoms with Crippen LogP contribution in [0, 0.1) is 16.7 Å². The van der Waals surface area contributed by atoms with Gasteiger partial charge >= 0.3 is 0 Å². The molecule has 7 heteroatoms. The van der Waals surface area contributed by atoms with Crippen molar-refractivity contribution in [1.82, 2.24) is 14.8 Å². The summed E-state index contributed by atoms with van der Waals surface area (Å²) in [7, 11) is 0. The van der Waals surface area contributed by atoms with Crippen molar-refractivity contribution < 1.29 is 9.47 Å². The third kappa shape index (κ3) is 3.44. The van der Waals surface area contributed by atoms with E-state index < -0.39 is 0 Å². The van der Waals surface area contributed by atoms with E-state index in [1.807, 2.05) is 41.3 Å². The van der Waals surface area contributed by atoms with E-state index in [9.17, 15) is 5.26 Å². The minimum Gasteiger partial charge on any atom is -0.486 e. The molecular weight excluding hydrogens is 438 g/mol. The number of aromatic nitrogens is 3. The van der Waals surface area contributed by atoms with E-state index in [1.165, 1.54) is 11.1 Å². The number of rotatable bonds is 4. The van der Waals surface area contributed by atoms with Crippen molar-refractivity contribution in [2.75, 3.05) is 31.2 Å². The van der Waals surface area contributed by atoms with E-state index in [2.05, 4.69) is 45.3 Å². The summed E-state index contributed by atoms with van der Waals surface area (Å²) in [5.74, 6) is 1.80. The van der Waals surface area contributed by atoms with Crippen molar-refractivity contribution in [3.63, 3.8) is 0 Å². The molecule has 0 N–H and O–H groups in total. The molecule has 2 aromatic carbocycles. The summed E-state index contributed by atoms with van der Waals surface area (Å²) in [6, 6.07) is 18.4. The Morgan fingerprint density at radius 1 is 1.09 bits per heavy atom. The van der Waals surface area contributed by atoms with Crippen molar-refractivity contribution in [2.45, 2.75) is 25.4 Å². The van der Waals surface area contributed by atoms with Crippen molar-refractivity contribution in [3.8, 4) is 17.5 Å². The van der Waals surface area contributed by atoms with Gasteiger partial charge in [-0.05, 0) is 60.7 Å². The first-order chi connectivity index (χ1) is 17.2. The van der Waals surface area contributed by atoms with Crippen molar-refractivity contribution in [1.29, 1.82) is 5.26 Å². The fraction of sp³-hybridized carbons (Fsp3) is 0.321. The third-order valence-electron chi connectivity index (χ3n) is 7.52. The molecule has 174 valence electrons. The van der Waals surface area contributed by atoms with Crippen LogP contribution in [0.1, 0.15) is 35.6 Å². The first-order valence-corrected chi connectivity index (χ1v) is 12.2. The van der Waals surface area contributed by atoms with Gasteiger partial charge in [-0.25, -0.2) is 9.67 Å². The number of anilines is 1. The minimum absolute atomic E-state index is 0.0120. The van der Waals surface area contributed by atoms with Gasteiger partial charge in [0.05, 0.1) is 47.7 Å². The number of benzene rings is 2. The number of ether oxygens (including phenoxy) is 2.